The molecule has 0 heterocycles. The van der Waals surface area contributed by atoms with Gasteiger partial charge in [0.2, 0.25) is 0 Å². The number of aryl methyl sites for hydroxylation is 2. The zero-order valence-corrected chi connectivity index (χ0v) is 11.8. The van der Waals surface area contributed by atoms with E-state index >= 15 is 0 Å². The molecule has 92 valence electrons. The first-order valence-electron chi connectivity index (χ1n) is 5.87. The number of benzene rings is 1. The van der Waals surface area contributed by atoms with E-state index in [1.165, 1.54) is 22.3 Å². The normalized spacial score (nSPS) is 11.3. The third-order valence-corrected chi connectivity index (χ3v) is 2.63. The van der Waals surface area contributed by atoms with E-state index in [1.54, 1.807) is 0 Å². The highest BCUT2D eigenvalue weighted by molar-refractivity contribution is 6.07. The molecule has 1 aromatic carbocycles. The number of hydrogen-bond acceptors (Lipinski definition) is 1. The van der Waals surface area contributed by atoms with Crippen molar-refractivity contribution in [1.82, 2.24) is 4.90 Å². The molecule has 0 atom stereocenters. The molecule has 0 spiro atoms. The van der Waals surface area contributed by atoms with Gasteiger partial charge in [0.25, 0.3) is 0 Å². The van der Waals surface area contributed by atoms with Gasteiger partial charge in [0.15, 0.2) is 6.21 Å². The molecule has 0 aliphatic heterocycles. The molecule has 0 saturated carbocycles. The Morgan fingerprint density at radius 1 is 1.12 bits per heavy atom. The summed E-state index contributed by atoms with van der Waals surface area (Å²) in [5, 5.41) is 0. The van der Waals surface area contributed by atoms with E-state index in [0.717, 1.165) is 0 Å². The molecule has 0 bridgehead atoms. The van der Waals surface area contributed by atoms with Crippen LogP contribution in [0, 0.1) is 13.8 Å². The Hall–Kier alpha value is -1.57. The molecule has 0 aliphatic carbocycles. The van der Waals surface area contributed by atoms with Crippen molar-refractivity contribution in [1.29, 1.82) is 0 Å². The summed E-state index contributed by atoms with van der Waals surface area (Å²) in [6.07, 6.45) is 4.29. The van der Waals surface area contributed by atoms with Crippen molar-refractivity contribution in [2.75, 3.05) is 28.2 Å². The first kappa shape index (κ1) is 13.5. The number of rotatable bonds is 3. The molecule has 2 heteroatoms. The maximum atomic E-state index is 2.24. The Labute approximate surface area is 105 Å². The van der Waals surface area contributed by atoms with Gasteiger partial charge in [-0.2, -0.15) is 0 Å². The van der Waals surface area contributed by atoms with Crippen molar-refractivity contribution in [3.05, 3.63) is 41.1 Å². The zero-order valence-electron chi connectivity index (χ0n) is 11.8. The average Bonchev–Trinajstić information content (AvgIpc) is 2.19. The molecule has 2 nitrogen and oxygen atoms in total. The van der Waals surface area contributed by atoms with Crippen molar-refractivity contribution in [2.45, 2.75) is 13.8 Å². The van der Waals surface area contributed by atoms with Crippen LogP contribution in [0.3, 0.4) is 0 Å². The molecule has 0 saturated heterocycles. The molecule has 0 aromatic heterocycles. The van der Waals surface area contributed by atoms with Crippen molar-refractivity contribution in [2.24, 2.45) is 0 Å². The van der Waals surface area contributed by atoms with E-state index in [2.05, 4.69) is 53.9 Å². The van der Waals surface area contributed by atoms with Gasteiger partial charge in [0.05, 0.1) is 5.57 Å². The standard InChI is InChI=1S/C15H23N2/c1-12-7-8-14(9-13(12)2)15(10-16(3)4)11-17(5)6/h7-11H,1-6H3/q+1. The van der Waals surface area contributed by atoms with Gasteiger partial charge in [0, 0.05) is 20.3 Å². The predicted molar refractivity (Wildman–Crippen MR) is 75.8 cm³/mol. The van der Waals surface area contributed by atoms with Gasteiger partial charge in [-0.25, -0.2) is 4.58 Å². The highest BCUT2D eigenvalue weighted by Gasteiger charge is 2.05. The van der Waals surface area contributed by atoms with Crippen LogP contribution in [0.1, 0.15) is 16.7 Å². The van der Waals surface area contributed by atoms with Crippen LogP contribution in [0.5, 0.6) is 0 Å². The lowest BCUT2D eigenvalue weighted by Gasteiger charge is -2.09. The molecule has 0 unspecified atom stereocenters. The molecule has 1 rings (SSSR count). The fourth-order valence-corrected chi connectivity index (χ4v) is 1.66. The average molecular weight is 231 g/mol. The summed E-state index contributed by atoms with van der Waals surface area (Å²) in [7, 11) is 8.18. The molecule has 0 fully saturated rings. The first-order chi connectivity index (χ1) is 7.90. The Morgan fingerprint density at radius 2 is 1.76 bits per heavy atom. The third-order valence-electron chi connectivity index (χ3n) is 2.63. The van der Waals surface area contributed by atoms with E-state index in [1.807, 2.05) is 28.2 Å². The molecular formula is C15H23N2+. The first-order valence-corrected chi connectivity index (χ1v) is 5.87. The second kappa shape index (κ2) is 5.67. The maximum Gasteiger partial charge on any atom is 0.172 e. The van der Waals surface area contributed by atoms with Crippen LogP contribution in [0.2, 0.25) is 0 Å². The number of nitrogens with zero attached hydrogens (tertiary/aromatic N) is 2. The van der Waals surface area contributed by atoms with E-state index in [0.29, 0.717) is 0 Å². The summed E-state index contributed by atoms with van der Waals surface area (Å²) >= 11 is 0. The Morgan fingerprint density at radius 3 is 2.24 bits per heavy atom. The highest BCUT2D eigenvalue weighted by Crippen LogP contribution is 2.17. The molecule has 0 amide bonds. The molecular weight excluding hydrogens is 208 g/mol. The number of hydrogen-bond donors (Lipinski definition) is 0. The van der Waals surface area contributed by atoms with E-state index in [-0.39, 0.29) is 0 Å². The fraction of sp³-hybridized carbons (Fsp3) is 0.400. The summed E-state index contributed by atoms with van der Waals surface area (Å²) in [6.45, 7) is 4.30. The van der Waals surface area contributed by atoms with Crippen LogP contribution in [0.25, 0.3) is 5.57 Å². The van der Waals surface area contributed by atoms with E-state index in [9.17, 15) is 0 Å². The van der Waals surface area contributed by atoms with Gasteiger partial charge < -0.3 is 4.90 Å². The van der Waals surface area contributed by atoms with Gasteiger partial charge >= 0.3 is 0 Å². The van der Waals surface area contributed by atoms with Crippen LogP contribution in [-0.2, 0) is 0 Å². The summed E-state index contributed by atoms with van der Waals surface area (Å²) in [6, 6.07) is 6.60. The lowest BCUT2D eigenvalue weighted by molar-refractivity contribution is -0.458. The Bertz CT molecular complexity index is 450. The Kier molecular flexibility index (Phi) is 4.50. The third kappa shape index (κ3) is 4.06. The molecule has 17 heavy (non-hydrogen) atoms. The van der Waals surface area contributed by atoms with Gasteiger partial charge in [-0.15, -0.1) is 0 Å². The lowest BCUT2D eigenvalue weighted by atomic mass is 10.0. The van der Waals surface area contributed by atoms with Gasteiger partial charge in [-0.1, -0.05) is 18.2 Å². The second-order valence-electron chi connectivity index (χ2n) is 4.94. The van der Waals surface area contributed by atoms with E-state index in [4.69, 9.17) is 0 Å². The van der Waals surface area contributed by atoms with Gasteiger partial charge in [0.1, 0.15) is 14.1 Å². The minimum Gasteiger partial charge on any atom is -0.383 e. The maximum absolute atomic E-state index is 2.24. The SMILES string of the molecule is Cc1ccc(C(=CN(C)C)C=[N+](C)C)cc1C. The summed E-state index contributed by atoms with van der Waals surface area (Å²) in [5.74, 6) is 0. The Balaban J connectivity index is 3.23. The minimum absolute atomic E-state index is 1.23. The van der Waals surface area contributed by atoms with E-state index < -0.39 is 0 Å². The fourth-order valence-electron chi connectivity index (χ4n) is 1.66. The topological polar surface area (TPSA) is 6.25 Å². The summed E-state index contributed by atoms with van der Waals surface area (Å²) in [4.78, 5) is 2.07. The molecule has 0 N–H and O–H groups in total. The molecule has 0 aliphatic rings. The van der Waals surface area contributed by atoms with Crippen molar-refractivity contribution < 1.29 is 4.58 Å². The van der Waals surface area contributed by atoms with Crippen molar-refractivity contribution in [3.8, 4) is 0 Å². The van der Waals surface area contributed by atoms with Crippen LogP contribution >= 0.6 is 0 Å². The monoisotopic (exact) mass is 231 g/mol. The predicted octanol–water partition coefficient (Wildman–Crippen LogP) is 2.55. The van der Waals surface area contributed by atoms with Crippen LogP contribution in [0.4, 0.5) is 0 Å². The second-order valence-corrected chi connectivity index (χ2v) is 4.94. The lowest BCUT2D eigenvalue weighted by Crippen LogP contribution is -2.07. The van der Waals surface area contributed by atoms with Crippen molar-refractivity contribution in [3.63, 3.8) is 0 Å². The summed E-state index contributed by atoms with van der Waals surface area (Å²) in [5.41, 5.74) is 5.15. The smallest absolute Gasteiger partial charge is 0.172 e. The van der Waals surface area contributed by atoms with Gasteiger partial charge in [-0.3, -0.25) is 0 Å². The van der Waals surface area contributed by atoms with Crippen LogP contribution in [0.15, 0.2) is 24.4 Å². The molecule has 1 aromatic rings. The van der Waals surface area contributed by atoms with Gasteiger partial charge in [-0.05, 0) is 30.5 Å². The van der Waals surface area contributed by atoms with Crippen LogP contribution < -0.4 is 0 Å². The summed E-state index contributed by atoms with van der Waals surface area (Å²) < 4.78 is 2.07. The van der Waals surface area contributed by atoms with Crippen molar-refractivity contribution >= 4 is 11.8 Å². The zero-order chi connectivity index (χ0) is 13.0. The largest absolute Gasteiger partial charge is 0.383 e. The number of allylic oxidation sites excluding steroid dienone is 1. The highest BCUT2D eigenvalue weighted by atomic mass is 15.0. The quantitative estimate of drug-likeness (QED) is 0.572. The minimum atomic E-state index is 1.23. The molecule has 0 radical (unpaired) electrons. The van der Waals surface area contributed by atoms with Crippen LogP contribution in [-0.4, -0.2) is 43.9 Å².